The highest BCUT2D eigenvalue weighted by molar-refractivity contribution is 7.80. The number of hydrogen-bond donors (Lipinski definition) is 1. The number of nitrogens with zero attached hydrogens (tertiary/aromatic N) is 2. The third-order valence-corrected chi connectivity index (χ3v) is 2.81. The van der Waals surface area contributed by atoms with Gasteiger partial charge in [0, 0.05) is 24.7 Å². The Morgan fingerprint density at radius 3 is 2.92 bits per heavy atom. The number of aromatic nitrogens is 2. The van der Waals surface area contributed by atoms with Crippen LogP contribution in [0.2, 0.25) is 0 Å². The van der Waals surface area contributed by atoms with Crippen molar-refractivity contribution in [2.75, 3.05) is 0 Å². The fourth-order valence-electron chi connectivity index (χ4n) is 1.68. The van der Waals surface area contributed by atoms with E-state index in [-0.39, 0.29) is 5.60 Å². The lowest BCUT2D eigenvalue weighted by atomic mass is 9.97. The SMILES string of the molecule is Cn1nc(S)c2c1CC(C)(C)OC2. The Bertz CT molecular complexity index is 344. The van der Waals surface area contributed by atoms with Gasteiger partial charge in [-0.05, 0) is 13.8 Å². The fraction of sp³-hybridized carbons (Fsp3) is 0.667. The molecule has 2 heterocycles. The highest BCUT2D eigenvalue weighted by Crippen LogP contribution is 2.30. The summed E-state index contributed by atoms with van der Waals surface area (Å²) in [4.78, 5) is 0. The van der Waals surface area contributed by atoms with Crippen molar-refractivity contribution in [2.24, 2.45) is 7.05 Å². The zero-order chi connectivity index (χ0) is 9.64. The summed E-state index contributed by atoms with van der Waals surface area (Å²) in [6.45, 7) is 4.83. The number of thiol groups is 1. The molecule has 4 heteroatoms. The summed E-state index contributed by atoms with van der Waals surface area (Å²) < 4.78 is 7.59. The first-order valence-electron chi connectivity index (χ1n) is 4.37. The molecular formula is C9H14N2OS. The predicted octanol–water partition coefficient (Wildman–Crippen LogP) is 1.56. The summed E-state index contributed by atoms with van der Waals surface area (Å²) in [6.07, 6.45) is 0.909. The van der Waals surface area contributed by atoms with Gasteiger partial charge in [-0.1, -0.05) is 0 Å². The largest absolute Gasteiger partial charge is 0.370 e. The van der Waals surface area contributed by atoms with Gasteiger partial charge in [-0.3, -0.25) is 4.68 Å². The molecule has 0 saturated heterocycles. The molecule has 1 aromatic rings. The Balaban J connectivity index is 2.45. The quantitative estimate of drug-likeness (QED) is 0.640. The van der Waals surface area contributed by atoms with E-state index >= 15 is 0 Å². The lowest BCUT2D eigenvalue weighted by Gasteiger charge is -2.30. The monoisotopic (exact) mass is 198 g/mol. The van der Waals surface area contributed by atoms with Crippen LogP contribution in [0.15, 0.2) is 5.03 Å². The molecule has 0 atom stereocenters. The molecule has 2 rings (SSSR count). The Morgan fingerprint density at radius 2 is 2.23 bits per heavy atom. The first kappa shape index (κ1) is 9.09. The van der Waals surface area contributed by atoms with E-state index in [0.29, 0.717) is 6.61 Å². The Kier molecular flexibility index (Phi) is 1.92. The highest BCUT2D eigenvalue weighted by atomic mass is 32.1. The summed E-state index contributed by atoms with van der Waals surface area (Å²) in [5, 5.41) is 5.06. The van der Waals surface area contributed by atoms with Crippen LogP contribution in [-0.4, -0.2) is 15.4 Å². The van der Waals surface area contributed by atoms with Crippen LogP contribution in [0.4, 0.5) is 0 Å². The molecule has 0 bridgehead atoms. The van der Waals surface area contributed by atoms with Crippen LogP contribution >= 0.6 is 12.6 Å². The number of fused-ring (bicyclic) bond motifs is 1. The van der Waals surface area contributed by atoms with E-state index in [1.54, 1.807) is 0 Å². The van der Waals surface area contributed by atoms with Crippen molar-refractivity contribution in [3.8, 4) is 0 Å². The standard InChI is InChI=1S/C9H14N2OS/c1-9(2)4-7-6(5-12-9)8(13)10-11(7)3/h4-5H2,1-3H3,(H,10,13). The predicted molar refractivity (Wildman–Crippen MR) is 53.0 cm³/mol. The van der Waals surface area contributed by atoms with Crippen molar-refractivity contribution < 1.29 is 4.74 Å². The number of rotatable bonds is 0. The summed E-state index contributed by atoms with van der Waals surface area (Å²) in [5.41, 5.74) is 2.33. The Hall–Kier alpha value is -0.480. The van der Waals surface area contributed by atoms with Crippen molar-refractivity contribution in [2.45, 2.75) is 37.5 Å². The van der Waals surface area contributed by atoms with Crippen molar-refractivity contribution in [3.63, 3.8) is 0 Å². The van der Waals surface area contributed by atoms with Gasteiger partial charge in [0.2, 0.25) is 0 Å². The molecule has 1 aromatic heterocycles. The van der Waals surface area contributed by atoms with Crippen molar-refractivity contribution in [3.05, 3.63) is 11.3 Å². The molecule has 0 spiro atoms. The zero-order valence-corrected chi connectivity index (χ0v) is 9.06. The van der Waals surface area contributed by atoms with Gasteiger partial charge in [-0.25, -0.2) is 0 Å². The molecule has 72 valence electrons. The third kappa shape index (κ3) is 1.48. The van der Waals surface area contributed by atoms with Crippen molar-refractivity contribution >= 4 is 12.6 Å². The summed E-state index contributed by atoms with van der Waals surface area (Å²) in [7, 11) is 1.96. The number of hydrogen-bond acceptors (Lipinski definition) is 3. The van der Waals surface area contributed by atoms with Crippen molar-refractivity contribution in [1.29, 1.82) is 0 Å². The molecule has 0 fully saturated rings. The van der Waals surface area contributed by atoms with Crippen LogP contribution in [-0.2, 0) is 24.8 Å². The minimum absolute atomic E-state index is 0.0684. The topological polar surface area (TPSA) is 27.1 Å². The molecule has 13 heavy (non-hydrogen) atoms. The van der Waals surface area contributed by atoms with Crippen LogP contribution in [0.5, 0.6) is 0 Å². The molecule has 1 aliphatic rings. The maximum atomic E-state index is 5.68. The van der Waals surface area contributed by atoms with Gasteiger partial charge in [0.25, 0.3) is 0 Å². The van der Waals surface area contributed by atoms with E-state index < -0.39 is 0 Å². The maximum Gasteiger partial charge on any atom is 0.121 e. The average Bonchev–Trinajstić information content (AvgIpc) is 2.26. The minimum atomic E-state index is -0.0684. The van der Waals surface area contributed by atoms with Gasteiger partial charge in [0.05, 0.1) is 12.2 Å². The molecule has 0 aromatic carbocycles. The van der Waals surface area contributed by atoms with Crippen LogP contribution in [0, 0.1) is 0 Å². The van der Waals surface area contributed by atoms with E-state index in [1.165, 1.54) is 5.69 Å². The van der Waals surface area contributed by atoms with Crippen molar-refractivity contribution in [1.82, 2.24) is 9.78 Å². The summed E-state index contributed by atoms with van der Waals surface area (Å²) in [5.74, 6) is 0. The molecule has 0 amide bonds. The smallest absolute Gasteiger partial charge is 0.121 e. The summed E-state index contributed by atoms with van der Waals surface area (Å²) >= 11 is 4.30. The summed E-state index contributed by atoms with van der Waals surface area (Å²) in [6, 6.07) is 0. The lowest BCUT2D eigenvalue weighted by molar-refractivity contribution is -0.0423. The van der Waals surface area contributed by atoms with Gasteiger partial charge >= 0.3 is 0 Å². The van der Waals surface area contributed by atoms with Crippen LogP contribution < -0.4 is 0 Å². The first-order valence-corrected chi connectivity index (χ1v) is 4.82. The van der Waals surface area contributed by atoms with E-state index in [4.69, 9.17) is 4.74 Å². The number of ether oxygens (including phenoxy) is 1. The van der Waals surface area contributed by atoms with E-state index in [2.05, 4.69) is 31.6 Å². The van der Waals surface area contributed by atoms with E-state index in [1.807, 2.05) is 11.7 Å². The second-order valence-electron chi connectivity index (χ2n) is 4.10. The fourth-order valence-corrected chi connectivity index (χ4v) is 2.01. The second-order valence-corrected chi connectivity index (χ2v) is 4.52. The molecule has 0 radical (unpaired) electrons. The van der Waals surface area contributed by atoms with E-state index in [0.717, 1.165) is 17.0 Å². The third-order valence-electron chi connectivity index (χ3n) is 2.45. The molecule has 0 unspecified atom stereocenters. The van der Waals surface area contributed by atoms with Crippen LogP contribution in [0.3, 0.4) is 0 Å². The van der Waals surface area contributed by atoms with Gasteiger partial charge < -0.3 is 4.74 Å². The Labute approximate surface area is 83.5 Å². The minimum Gasteiger partial charge on any atom is -0.370 e. The molecular weight excluding hydrogens is 184 g/mol. The van der Waals surface area contributed by atoms with Crippen LogP contribution in [0.1, 0.15) is 25.1 Å². The molecule has 3 nitrogen and oxygen atoms in total. The lowest BCUT2D eigenvalue weighted by Crippen LogP contribution is -2.32. The van der Waals surface area contributed by atoms with Crippen LogP contribution in [0.25, 0.3) is 0 Å². The zero-order valence-electron chi connectivity index (χ0n) is 8.16. The van der Waals surface area contributed by atoms with Gasteiger partial charge in [-0.15, -0.1) is 12.6 Å². The molecule has 0 N–H and O–H groups in total. The second kappa shape index (κ2) is 2.75. The first-order chi connectivity index (χ1) is 5.99. The van der Waals surface area contributed by atoms with Gasteiger partial charge in [0.15, 0.2) is 0 Å². The van der Waals surface area contributed by atoms with Gasteiger partial charge in [0.1, 0.15) is 5.03 Å². The maximum absolute atomic E-state index is 5.68. The van der Waals surface area contributed by atoms with Gasteiger partial charge in [-0.2, -0.15) is 5.10 Å². The molecule has 0 saturated carbocycles. The average molecular weight is 198 g/mol. The highest BCUT2D eigenvalue weighted by Gasteiger charge is 2.29. The molecule has 1 aliphatic heterocycles. The Morgan fingerprint density at radius 1 is 1.54 bits per heavy atom. The number of aryl methyl sites for hydroxylation is 1. The molecule has 0 aliphatic carbocycles. The normalized spacial score (nSPS) is 20.0. The van der Waals surface area contributed by atoms with E-state index in [9.17, 15) is 0 Å².